The first kappa shape index (κ1) is 25.1. The number of unbranched alkanes of at least 4 members (excludes halogenated alkanes) is 2. The summed E-state index contributed by atoms with van der Waals surface area (Å²) in [6.45, 7) is 8.18. The van der Waals surface area contributed by atoms with Crippen molar-refractivity contribution in [3.63, 3.8) is 0 Å². The molecule has 1 heterocycles. The average molecular weight is 470 g/mol. The Bertz CT molecular complexity index is 1040. The Balaban J connectivity index is 1.52. The van der Waals surface area contributed by atoms with Crippen LogP contribution in [0, 0.1) is 12.8 Å². The fourth-order valence-corrected chi connectivity index (χ4v) is 4.25. The van der Waals surface area contributed by atoms with Crippen LogP contribution in [0.2, 0.25) is 5.02 Å². The van der Waals surface area contributed by atoms with Gasteiger partial charge in [-0.3, -0.25) is 4.79 Å². The minimum Gasteiger partial charge on any atom is -0.492 e. The Morgan fingerprint density at radius 3 is 2.67 bits per heavy atom. The fourth-order valence-electron chi connectivity index (χ4n) is 4.13. The van der Waals surface area contributed by atoms with Crippen LogP contribution in [0.15, 0.2) is 42.5 Å². The molecule has 0 unspecified atom stereocenters. The molecule has 0 spiro atoms. The van der Waals surface area contributed by atoms with E-state index >= 15 is 0 Å². The van der Waals surface area contributed by atoms with E-state index in [0.717, 1.165) is 84.8 Å². The van der Waals surface area contributed by atoms with Gasteiger partial charge in [0.15, 0.2) is 0 Å². The molecule has 0 aliphatic heterocycles. The first-order chi connectivity index (χ1) is 16.0. The number of aryl methyl sites for hydroxylation is 2. The lowest BCUT2D eigenvalue weighted by atomic mass is 10.0. The molecule has 3 rings (SSSR count). The number of fused-ring (bicyclic) bond motifs is 1. The molecular formula is C27H36ClN3O2. The van der Waals surface area contributed by atoms with E-state index in [4.69, 9.17) is 21.3 Å². The summed E-state index contributed by atoms with van der Waals surface area (Å²) in [6.07, 6.45) is 5.81. The Hall–Kier alpha value is -2.53. The van der Waals surface area contributed by atoms with Crippen molar-refractivity contribution < 1.29 is 9.53 Å². The number of amides is 1. The minimum absolute atomic E-state index is 0.143. The number of nitrogens with zero attached hydrogens (tertiary/aromatic N) is 2. The number of ether oxygens (including phenoxy) is 1. The zero-order valence-corrected chi connectivity index (χ0v) is 20.8. The van der Waals surface area contributed by atoms with E-state index in [1.165, 1.54) is 0 Å². The van der Waals surface area contributed by atoms with Crippen molar-refractivity contribution in [3.05, 3.63) is 58.9 Å². The molecule has 1 aromatic heterocycles. The van der Waals surface area contributed by atoms with Gasteiger partial charge in [0.1, 0.15) is 18.2 Å². The van der Waals surface area contributed by atoms with E-state index in [0.29, 0.717) is 6.61 Å². The van der Waals surface area contributed by atoms with Crippen molar-refractivity contribution >= 4 is 28.5 Å². The largest absolute Gasteiger partial charge is 0.492 e. The number of halogens is 1. The van der Waals surface area contributed by atoms with E-state index in [9.17, 15) is 4.79 Å². The number of benzene rings is 2. The van der Waals surface area contributed by atoms with Gasteiger partial charge in [0.25, 0.3) is 0 Å². The predicted octanol–water partition coefficient (Wildman–Crippen LogP) is 6.34. The van der Waals surface area contributed by atoms with E-state index in [2.05, 4.69) is 41.9 Å². The molecule has 0 atom stereocenters. The Kier molecular flexibility index (Phi) is 9.61. The fraction of sp³-hybridized carbons (Fsp3) is 0.481. The normalized spacial score (nSPS) is 11.3. The van der Waals surface area contributed by atoms with Crippen LogP contribution in [-0.4, -0.2) is 28.6 Å². The quantitative estimate of drug-likeness (QED) is 0.297. The molecule has 0 aliphatic carbocycles. The lowest BCUT2D eigenvalue weighted by molar-refractivity contribution is -0.125. The maximum Gasteiger partial charge on any atom is 0.223 e. The lowest BCUT2D eigenvalue weighted by Gasteiger charge is -2.13. The smallest absolute Gasteiger partial charge is 0.223 e. The number of hydrogen-bond donors (Lipinski definition) is 1. The standard InChI is InChI=1S/C27H36ClN3O2/c1-4-21(5-2)27(32)29-16-10-6-7-13-26-30-24-11-8-9-12-25(24)31(26)17-18-33-22-14-15-23(28)20(3)19-22/h8-9,11-12,14-15,19,21H,4-7,10,13,16-18H2,1-3H3,(H,29,32). The van der Waals surface area contributed by atoms with Gasteiger partial charge in [0, 0.05) is 23.9 Å². The molecule has 33 heavy (non-hydrogen) atoms. The molecule has 0 fully saturated rings. The van der Waals surface area contributed by atoms with Crippen LogP contribution in [0.1, 0.15) is 57.3 Å². The topological polar surface area (TPSA) is 56.2 Å². The second-order valence-electron chi connectivity index (χ2n) is 8.54. The van der Waals surface area contributed by atoms with Crippen molar-refractivity contribution in [1.29, 1.82) is 0 Å². The number of hydrogen-bond acceptors (Lipinski definition) is 3. The third kappa shape index (κ3) is 6.97. The Labute approximate surface area is 202 Å². The molecule has 2 aromatic carbocycles. The van der Waals surface area contributed by atoms with Crippen molar-refractivity contribution in [3.8, 4) is 5.75 Å². The number of carbonyl (C=O) groups excluding carboxylic acids is 1. The second kappa shape index (κ2) is 12.6. The number of rotatable bonds is 13. The lowest BCUT2D eigenvalue weighted by Crippen LogP contribution is -2.30. The van der Waals surface area contributed by atoms with Gasteiger partial charge in [-0.25, -0.2) is 4.98 Å². The maximum absolute atomic E-state index is 12.1. The summed E-state index contributed by atoms with van der Waals surface area (Å²) in [5.41, 5.74) is 3.17. The summed E-state index contributed by atoms with van der Waals surface area (Å²) in [7, 11) is 0. The van der Waals surface area contributed by atoms with Crippen molar-refractivity contribution in [2.75, 3.05) is 13.2 Å². The monoisotopic (exact) mass is 469 g/mol. The van der Waals surface area contributed by atoms with Crippen LogP contribution >= 0.6 is 11.6 Å². The third-order valence-electron chi connectivity index (χ3n) is 6.18. The number of aromatic nitrogens is 2. The highest BCUT2D eigenvalue weighted by Crippen LogP contribution is 2.22. The zero-order chi connectivity index (χ0) is 23.6. The SMILES string of the molecule is CCC(CC)C(=O)NCCCCCc1nc2ccccc2n1CCOc1ccc(Cl)c(C)c1. The van der Waals surface area contributed by atoms with Gasteiger partial charge >= 0.3 is 0 Å². The number of nitrogens with one attached hydrogen (secondary N) is 1. The van der Waals surface area contributed by atoms with Crippen LogP contribution in [0.25, 0.3) is 11.0 Å². The van der Waals surface area contributed by atoms with E-state index in [1.807, 2.05) is 31.2 Å². The molecule has 1 amide bonds. The molecule has 1 N–H and O–H groups in total. The maximum atomic E-state index is 12.1. The highest BCUT2D eigenvalue weighted by molar-refractivity contribution is 6.31. The molecule has 0 radical (unpaired) electrons. The third-order valence-corrected chi connectivity index (χ3v) is 6.60. The summed E-state index contributed by atoms with van der Waals surface area (Å²) >= 11 is 6.12. The number of imidazole rings is 1. The van der Waals surface area contributed by atoms with E-state index < -0.39 is 0 Å². The Morgan fingerprint density at radius 2 is 1.91 bits per heavy atom. The molecule has 0 saturated carbocycles. The average Bonchev–Trinajstić information content (AvgIpc) is 3.16. The minimum atomic E-state index is 0.143. The zero-order valence-electron chi connectivity index (χ0n) is 20.1. The summed E-state index contributed by atoms with van der Waals surface area (Å²) in [6, 6.07) is 14.0. The molecule has 3 aromatic rings. The van der Waals surface area contributed by atoms with Gasteiger partial charge in [-0.2, -0.15) is 0 Å². The highest BCUT2D eigenvalue weighted by Gasteiger charge is 2.13. The summed E-state index contributed by atoms with van der Waals surface area (Å²) in [4.78, 5) is 17.0. The summed E-state index contributed by atoms with van der Waals surface area (Å²) < 4.78 is 8.26. The molecule has 6 heteroatoms. The highest BCUT2D eigenvalue weighted by atomic mass is 35.5. The predicted molar refractivity (Wildman–Crippen MR) is 136 cm³/mol. The molecule has 5 nitrogen and oxygen atoms in total. The van der Waals surface area contributed by atoms with Crippen molar-refractivity contribution in [2.45, 2.75) is 65.8 Å². The van der Waals surface area contributed by atoms with Gasteiger partial charge in [0.05, 0.1) is 17.6 Å². The first-order valence-electron chi connectivity index (χ1n) is 12.1. The number of para-hydroxylation sites is 2. The van der Waals surface area contributed by atoms with Gasteiger partial charge in [0.2, 0.25) is 5.91 Å². The van der Waals surface area contributed by atoms with Crippen LogP contribution in [0.4, 0.5) is 0 Å². The first-order valence-corrected chi connectivity index (χ1v) is 12.5. The van der Waals surface area contributed by atoms with Crippen LogP contribution in [-0.2, 0) is 17.8 Å². The van der Waals surface area contributed by atoms with Gasteiger partial charge in [-0.05, 0) is 68.5 Å². The van der Waals surface area contributed by atoms with Gasteiger partial charge < -0.3 is 14.6 Å². The molecule has 0 saturated heterocycles. The molecule has 0 bridgehead atoms. The summed E-state index contributed by atoms with van der Waals surface area (Å²) in [5, 5.41) is 3.83. The molecule has 0 aliphatic rings. The van der Waals surface area contributed by atoms with Crippen molar-refractivity contribution in [1.82, 2.24) is 14.9 Å². The van der Waals surface area contributed by atoms with Crippen molar-refractivity contribution in [2.24, 2.45) is 5.92 Å². The molecule has 178 valence electrons. The van der Waals surface area contributed by atoms with E-state index in [-0.39, 0.29) is 11.8 Å². The second-order valence-corrected chi connectivity index (χ2v) is 8.95. The summed E-state index contributed by atoms with van der Waals surface area (Å²) in [5.74, 6) is 2.26. The van der Waals surface area contributed by atoms with Gasteiger partial charge in [-0.15, -0.1) is 0 Å². The van der Waals surface area contributed by atoms with Gasteiger partial charge in [-0.1, -0.05) is 44.0 Å². The van der Waals surface area contributed by atoms with E-state index in [1.54, 1.807) is 0 Å². The van der Waals surface area contributed by atoms with Crippen LogP contribution < -0.4 is 10.1 Å². The number of carbonyl (C=O) groups is 1. The molecular weight excluding hydrogens is 434 g/mol. The van der Waals surface area contributed by atoms with Crippen LogP contribution in [0.5, 0.6) is 5.75 Å². The van der Waals surface area contributed by atoms with Crippen LogP contribution in [0.3, 0.4) is 0 Å². The Morgan fingerprint density at radius 1 is 1.12 bits per heavy atom.